The van der Waals surface area contributed by atoms with Crippen LogP contribution in [-0.4, -0.2) is 36.5 Å². The minimum Gasteiger partial charge on any atom is -0.459 e. The van der Waals surface area contributed by atoms with Crippen molar-refractivity contribution in [3.63, 3.8) is 0 Å². The normalized spacial score (nSPS) is 10.4. The summed E-state index contributed by atoms with van der Waals surface area (Å²) in [5.41, 5.74) is 3.63. The molecule has 0 saturated carbocycles. The van der Waals surface area contributed by atoms with Crippen LogP contribution in [0.5, 0.6) is 0 Å². The van der Waals surface area contributed by atoms with Crippen LogP contribution in [0.4, 0.5) is 11.4 Å². The van der Waals surface area contributed by atoms with Crippen LogP contribution in [0.2, 0.25) is 0 Å². The third kappa shape index (κ3) is 8.22. The van der Waals surface area contributed by atoms with Crippen molar-refractivity contribution in [2.45, 2.75) is 46.6 Å². The van der Waals surface area contributed by atoms with Crippen LogP contribution >= 0.6 is 0 Å². The summed E-state index contributed by atoms with van der Waals surface area (Å²) < 4.78 is 10.0. The van der Waals surface area contributed by atoms with E-state index in [9.17, 15) is 19.2 Å². The Morgan fingerprint density at radius 2 is 1.44 bits per heavy atom. The largest absolute Gasteiger partial charge is 0.459 e. The van der Waals surface area contributed by atoms with E-state index >= 15 is 0 Å². The third-order valence-corrected chi connectivity index (χ3v) is 4.46. The first-order valence-electron chi connectivity index (χ1n) is 10.3. The average molecular weight is 440 g/mol. The van der Waals surface area contributed by atoms with Gasteiger partial charge in [-0.25, -0.2) is 4.79 Å². The second kappa shape index (κ2) is 11.6. The fourth-order valence-corrected chi connectivity index (χ4v) is 2.65. The molecule has 2 N–H and O–H groups in total. The molecule has 2 amide bonds. The van der Waals surface area contributed by atoms with Gasteiger partial charge in [0.2, 0.25) is 5.91 Å². The van der Waals surface area contributed by atoms with Gasteiger partial charge in [0, 0.05) is 17.8 Å². The molecule has 0 radical (unpaired) electrons. The van der Waals surface area contributed by atoms with Crippen LogP contribution < -0.4 is 10.6 Å². The summed E-state index contributed by atoms with van der Waals surface area (Å²) in [4.78, 5) is 47.6. The maximum atomic E-state index is 12.0. The van der Waals surface area contributed by atoms with Crippen molar-refractivity contribution in [1.29, 1.82) is 0 Å². The van der Waals surface area contributed by atoms with Crippen LogP contribution in [0.15, 0.2) is 42.5 Å². The van der Waals surface area contributed by atoms with Gasteiger partial charge in [0.1, 0.15) is 0 Å². The minimum atomic E-state index is -0.651. The van der Waals surface area contributed by atoms with E-state index in [0.717, 1.165) is 11.1 Å². The molecule has 0 heterocycles. The number of ether oxygens (including phenoxy) is 2. The van der Waals surface area contributed by atoms with Crippen LogP contribution in [0.3, 0.4) is 0 Å². The van der Waals surface area contributed by atoms with Crippen LogP contribution in [0, 0.1) is 13.8 Å². The lowest BCUT2D eigenvalue weighted by atomic mass is 10.1. The highest BCUT2D eigenvalue weighted by molar-refractivity contribution is 5.95. The van der Waals surface area contributed by atoms with E-state index in [1.54, 1.807) is 44.2 Å². The van der Waals surface area contributed by atoms with Gasteiger partial charge in [-0.2, -0.15) is 0 Å². The van der Waals surface area contributed by atoms with E-state index in [2.05, 4.69) is 10.6 Å². The standard InChI is InChI=1S/C24H28N2O6/c1-15(2)32-24(30)18-6-9-19(10-7-18)25-21(27)11-12-23(29)31-14-22(28)26-20-8-5-16(3)17(4)13-20/h5-10,13,15H,11-12,14H2,1-4H3,(H,25,27)(H,26,28). The molecule has 32 heavy (non-hydrogen) atoms. The zero-order chi connectivity index (χ0) is 23.7. The van der Waals surface area contributed by atoms with Gasteiger partial charge in [-0.15, -0.1) is 0 Å². The van der Waals surface area contributed by atoms with E-state index in [-0.39, 0.29) is 24.9 Å². The molecule has 0 fully saturated rings. The van der Waals surface area contributed by atoms with E-state index in [4.69, 9.17) is 9.47 Å². The second-order valence-corrected chi connectivity index (χ2v) is 7.59. The predicted octanol–water partition coefficient (Wildman–Crippen LogP) is 3.77. The first kappa shape index (κ1) is 24.6. The molecule has 2 aromatic rings. The summed E-state index contributed by atoms with van der Waals surface area (Å²) in [5.74, 6) is -1.94. The zero-order valence-corrected chi connectivity index (χ0v) is 18.7. The lowest BCUT2D eigenvalue weighted by molar-refractivity contribution is -0.147. The highest BCUT2D eigenvalue weighted by Crippen LogP contribution is 2.14. The molecule has 0 aromatic heterocycles. The topological polar surface area (TPSA) is 111 Å². The smallest absolute Gasteiger partial charge is 0.338 e. The molecular formula is C24H28N2O6. The van der Waals surface area contributed by atoms with Crippen molar-refractivity contribution in [2.24, 2.45) is 0 Å². The summed E-state index contributed by atoms with van der Waals surface area (Å²) in [5, 5.41) is 5.29. The molecule has 170 valence electrons. The maximum Gasteiger partial charge on any atom is 0.338 e. The van der Waals surface area contributed by atoms with Crippen molar-refractivity contribution in [3.8, 4) is 0 Å². The molecule has 2 rings (SSSR count). The highest BCUT2D eigenvalue weighted by Gasteiger charge is 2.12. The molecule has 0 atom stereocenters. The van der Waals surface area contributed by atoms with Crippen LogP contribution in [-0.2, 0) is 23.9 Å². The number of carbonyl (C=O) groups excluding carboxylic acids is 4. The summed E-state index contributed by atoms with van der Waals surface area (Å²) in [6.45, 7) is 6.99. The van der Waals surface area contributed by atoms with Crippen molar-refractivity contribution in [1.82, 2.24) is 0 Å². The van der Waals surface area contributed by atoms with Crippen molar-refractivity contribution < 1.29 is 28.7 Å². The number of aryl methyl sites for hydroxylation is 2. The Morgan fingerprint density at radius 1 is 0.812 bits per heavy atom. The van der Waals surface area contributed by atoms with Crippen molar-refractivity contribution in [3.05, 3.63) is 59.2 Å². The van der Waals surface area contributed by atoms with Gasteiger partial charge in [-0.1, -0.05) is 6.07 Å². The monoisotopic (exact) mass is 440 g/mol. The van der Waals surface area contributed by atoms with Gasteiger partial charge < -0.3 is 20.1 Å². The Hall–Kier alpha value is -3.68. The number of nitrogens with one attached hydrogen (secondary N) is 2. The summed E-state index contributed by atoms with van der Waals surface area (Å²) in [7, 11) is 0. The minimum absolute atomic E-state index is 0.102. The fourth-order valence-electron chi connectivity index (χ4n) is 2.65. The molecule has 2 aromatic carbocycles. The molecule has 8 nitrogen and oxygen atoms in total. The number of hydrogen-bond acceptors (Lipinski definition) is 6. The Bertz CT molecular complexity index is 982. The number of carbonyl (C=O) groups is 4. The lowest BCUT2D eigenvalue weighted by Crippen LogP contribution is -2.21. The van der Waals surface area contributed by atoms with Gasteiger partial charge in [-0.05, 0) is 75.2 Å². The summed E-state index contributed by atoms with van der Waals surface area (Å²) in [6, 6.07) is 11.7. The van der Waals surface area contributed by atoms with Crippen LogP contribution in [0.25, 0.3) is 0 Å². The number of amides is 2. The number of benzene rings is 2. The summed E-state index contributed by atoms with van der Waals surface area (Å²) >= 11 is 0. The molecule has 0 aliphatic heterocycles. The van der Waals surface area contributed by atoms with E-state index in [1.807, 2.05) is 26.0 Å². The van der Waals surface area contributed by atoms with Crippen LogP contribution in [0.1, 0.15) is 48.2 Å². The first-order valence-corrected chi connectivity index (χ1v) is 10.3. The lowest BCUT2D eigenvalue weighted by Gasteiger charge is -2.09. The fraction of sp³-hybridized carbons (Fsp3) is 0.333. The van der Waals surface area contributed by atoms with Gasteiger partial charge in [-0.3, -0.25) is 14.4 Å². The number of anilines is 2. The van der Waals surface area contributed by atoms with Gasteiger partial charge in [0.05, 0.1) is 18.1 Å². The average Bonchev–Trinajstić information content (AvgIpc) is 2.73. The van der Waals surface area contributed by atoms with Crippen molar-refractivity contribution >= 4 is 35.1 Å². The van der Waals surface area contributed by atoms with E-state index in [1.165, 1.54) is 0 Å². The van der Waals surface area contributed by atoms with E-state index in [0.29, 0.717) is 16.9 Å². The molecule has 0 aliphatic carbocycles. The number of rotatable bonds is 9. The van der Waals surface area contributed by atoms with Gasteiger partial charge in [0.25, 0.3) is 5.91 Å². The Balaban J connectivity index is 1.71. The molecule has 0 bridgehead atoms. The molecule has 8 heteroatoms. The van der Waals surface area contributed by atoms with Gasteiger partial charge in [0.15, 0.2) is 6.61 Å². The SMILES string of the molecule is Cc1ccc(NC(=O)COC(=O)CCC(=O)Nc2ccc(C(=O)OC(C)C)cc2)cc1C. The van der Waals surface area contributed by atoms with E-state index < -0.39 is 24.5 Å². The maximum absolute atomic E-state index is 12.0. The zero-order valence-electron chi connectivity index (χ0n) is 18.7. The Kier molecular flexibility index (Phi) is 8.95. The number of esters is 2. The number of hydrogen-bond donors (Lipinski definition) is 2. The molecule has 0 saturated heterocycles. The first-order chi connectivity index (χ1) is 15.1. The molecule has 0 unspecified atom stereocenters. The summed E-state index contributed by atoms with van der Waals surface area (Å²) in [6.07, 6.45) is -0.490. The quantitative estimate of drug-likeness (QED) is 0.574. The van der Waals surface area contributed by atoms with Gasteiger partial charge >= 0.3 is 11.9 Å². The van der Waals surface area contributed by atoms with Crippen molar-refractivity contribution in [2.75, 3.05) is 17.2 Å². The molecular weight excluding hydrogens is 412 g/mol. The molecule has 0 spiro atoms. The Labute approximate surface area is 187 Å². The third-order valence-electron chi connectivity index (χ3n) is 4.46. The molecule has 0 aliphatic rings. The Morgan fingerprint density at radius 3 is 2.06 bits per heavy atom. The second-order valence-electron chi connectivity index (χ2n) is 7.59. The predicted molar refractivity (Wildman–Crippen MR) is 120 cm³/mol. The highest BCUT2D eigenvalue weighted by atomic mass is 16.5.